The van der Waals surface area contributed by atoms with Crippen molar-refractivity contribution in [3.63, 3.8) is 0 Å². The van der Waals surface area contributed by atoms with Gasteiger partial charge in [0.1, 0.15) is 11.4 Å². The number of aromatic carboxylic acids is 1. The number of rotatable bonds is 5. The molecule has 2 aromatic rings. The van der Waals surface area contributed by atoms with Crippen molar-refractivity contribution < 1.29 is 27.9 Å². The van der Waals surface area contributed by atoms with Crippen LogP contribution in [-0.2, 0) is 12.7 Å². The van der Waals surface area contributed by atoms with Crippen LogP contribution in [0.2, 0.25) is 0 Å². The molecule has 28 heavy (non-hydrogen) atoms. The maximum absolute atomic E-state index is 13.2. The first-order chi connectivity index (χ1) is 13.1. The molecule has 1 aromatic carbocycles. The Bertz CT molecular complexity index is 908. The van der Waals surface area contributed by atoms with E-state index in [1.807, 2.05) is 6.92 Å². The van der Waals surface area contributed by atoms with Crippen LogP contribution in [0.15, 0.2) is 30.3 Å². The van der Waals surface area contributed by atoms with E-state index >= 15 is 0 Å². The predicted molar refractivity (Wildman–Crippen MR) is 100 cm³/mol. The topological polar surface area (TPSA) is 57.6 Å². The van der Waals surface area contributed by atoms with Crippen molar-refractivity contribution in [2.75, 3.05) is 19.6 Å². The minimum atomic E-state index is -4.39. The lowest BCUT2D eigenvalue weighted by Gasteiger charge is -2.27. The first-order valence-electron chi connectivity index (χ1n) is 8.75. The van der Waals surface area contributed by atoms with Crippen LogP contribution in [-0.4, -0.2) is 41.6 Å². The molecular weight excluding hydrogens is 393 g/mol. The van der Waals surface area contributed by atoms with Gasteiger partial charge in [-0.15, -0.1) is 0 Å². The Morgan fingerprint density at radius 2 is 1.93 bits per heavy atom. The number of quaternary nitrogens is 1. The summed E-state index contributed by atoms with van der Waals surface area (Å²) in [5, 5.41) is 9.98. The molecule has 9 heteroatoms. The number of amides is 2. The quantitative estimate of drug-likeness (QED) is 0.721. The number of alkyl halides is 3. The smallest absolute Gasteiger partial charge is 0.425 e. The van der Waals surface area contributed by atoms with Gasteiger partial charge >= 0.3 is 18.2 Å². The Morgan fingerprint density at radius 3 is 2.43 bits per heavy atom. The largest absolute Gasteiger partial charge is 0.477 e. The summed E-state index contributed by atoms with van der Waals surface area (Å²) >= 11 is 1.11. The van der Waals surface area contributed by atoms with Gasteiger partial charge in [0.2, 0.25) is 0 Å². The minimum absolute atomic E-state index is 0.0272. The van der Waals surface area contributed by atoms with Crippen LogP contribution >= 0.6 is 11.3 Å². The molecule has 0 aliphatic carbocycles. The molecular formula is C19H20F3N2O3S+. The summed E-state index contributed by atoms with van der Waals surface area (Å²) in [6.45, 7) is 5.21. The van der Waals surface area contributed by atoms with Crippen molar-refractivity contribution in [3.05, 3.63) is 51.9 Å². The molecule has 0 saturated carbocycles. The van der Waals surface area contributed by atoms with Gasteiger partial charge in [0.15, 0.2) is 5.00 Å². The Hall–Kier alpha value is -2.39. The Morgan fingerprint density at radius 1 is 1.29 bits per heavy atom. The highest BCUT2D eigenvalue weighted by Crippen LogP contribution is 2.38. The summed E-state index contributed by atoms with van der Waals surface area (Å²) in [6.07, 6.45) is -4.39. The zero-order valence-electron chi connectivity index (χ0n) is 15.4. The summed E-state index contributed by atoms with van der Waals surface area (Å²) < 4.78 is 38.1. The first-order valence-corrected chi connectivity index (χ1v) is 9.57. The van der Waals surface area contributed by atoms with Gasteiger partial charge in [-0.25, -0.2) is 9.59 Å². The number of halogens is 3. The second kappa shape index (κ2) is 7.21. The number of carbonyl (C=O) groups excluding carboxylic acids is 1. The second-order valence-electron chi connectivity index (χ2n) is 6.81. The van der Waals surface area contributed by atoms with Gasteiger partial charge in [0.05, 0.1) is 25.2 Å². The van der Waals surface area contributed by atoms with Crippen LogP contribution in [0, 0.1) is 6.92 Å². The van der Waals surface area contributed by atoms with E-state index in [2.05, 4.69) is 0 Å². The van der Waals surface area contributed by atoms with E-state index in [9.17, 15) is 27.9 Å². The summed E-state index contributed by atoms with van der Waals surface area (Å²) in [4.78, 5) is 26.3. The molecule has 0 radical (unpaired) electrons. The van der Waals surface area contributed by atoms with Crippen LogP contribution < -0.4 is 4.48 Å². The van der Waals surface area contributed by atoms with Crippen LogP contribution in [0.5, 0.6) is 0 Å². The van der Waals surface area contributed by atoms with Gasteiger partial charge in [0.25, 0.3) is 0 Å². The van der Waals surface area contributed by atoms with Crippen molar-refractivity contribution >= 4 is 28.3 Å². The average Bonchev–Trinajstić information content (AvgIpc) is 3.17. The van der Waals surface area contributed by atoms with E-state index in [0.29, 0.717) is 35.8 Å². The van der Waals surface area contributed by atoms with Crippen molar-refractivity contribution in [2.45, 2.75) is 26.6 Å². The standard InChI is InChI=1S/C19H19F3N2O3S/c1-3-24(15-10-12(2)16(28-15)17(25)26)9-8-23(18(24)27)11-13-4-6-14(7-5-13)19(20,21)22/h4-7,10H,3,8-9,11H2,1-2H3/p+1. The molecule has 1 atom stereocenters. The van der Waals surface area contributed by atoms with Crippen LogP contribution in [0.25, 0.3) is 0 Å². The number of likely N-dealkylation sites (N-methyl/N-ethyl adjacent to an activating group) is 1. The molecule has 2 heterocycles. The zero-order chi connectivity index (χ0) is 20.7. The number of carboxylic acids is 1. The highest BCUT2D eigenvalue weighted by molar-refractivity contribution is 7.18. The number of nitrogens with zero attached hydrogens (tertiary/aromatic N) is 2. The fraction of sp³-hybridized carbons (Fsp3) is 0.368. The van der Waals surface area contributed by atoms with Gasteiger partial charge in [-0.1, -0.05) is 23.5 Å². The lowest BCUT2D eigenvalue weighted by molar-refractivity contribution is -0.137. The Labute approximate surface area is 164 Å². The summed E-state index contributed by atoms with van der Waals surface area (Å²) in [7, 11) is 0. The minimum Gasteiger partial charge on any atom is -0.477 e. The highest BCUT2D eigenvalue weighted by atomic mass is 32.1. The number of hydrogen-bond donors (Lipinski definition) is 1. The lowest BCUT2D eigenvalue weighted by atomic mass is 10.1. The first kappa shape index (κ1) is 20.3. The fourth-order valence-corrected chi connectivity index (χ4v) is 4.69. The van der Waals surface area contributed by atoms with Gasteiger partial charge in [-0.3, -0.25) is 4.90 Å². The van der Waals surface area contributed by atoms with Crippen LogP contribution in [0.3, 0.4) is 0 Å². The molecule has 1 N–H and O–H groups in total. The third kappa shape index (κ3) is 3.51. The van der Waals surface area contributed by atoms with Crippen LogP contribution in [0.1, 0.15) is 33.3 Å². The van der Waals surface area contributed by atoms with Gasteiger partial charge in [-0.05, 0) is 37.1 Å². The lowest BCUT2D eigenvalue weighted by Crippen LogP contribution is -2.51. The maximum Gasteiger partial charge on any atom is 0.425 e. The van der Waals surface area contributed by atoms with Crippen molar-refractivity contribution in [3.8, 4) is 0 Å². The Kier molecular flexibility index (Phi) is 5.24. The van der Waals surface area contributed by atoms with Crippen molar-refractivity contribution in [1.82, 2.24) is 9.38 Å². The molecule has 0 spiro atoms. The Balaban J connectivity index is 1.83. The summed E-state index contributed by atoms with van der Waals surface area (Å²) in [6, 6.07) is 6.37. The normalized spacial score (nSPS) is 20.0. The number of carboxylic acid groups (broad SMARTS) is 1. The number of thiophene rings is 1. The SMILES string of the molecule is CC[N+]1(c2cc(C)c(C(=O)O)s2)CCN(Cc2ccc(C(F)(F)F)cc2)C1=O. The highest BCUT2D eigenvalue weighted by Gasteiger charge is 2.48. The van der Waals surface area contributed by atoms with Gasteiger partial charge in [0, 0.05) is 6.07 Å². The molecule has 1 fully saturated rings. The van der Waals surface area contributed by atoms with E-state index in [0.717, 1.165) is 23.5 Å². The van der Waals surface area contributed by atoms with E-state index in [-0.39, 0.29) is 21.9 Å². The van der Waals surface area contributed by atoms with E-state index in [1.165, 1.54) is 12.1 Å². The summed E-state index contributed by atoms with van der Waals surface area (Å²) in [5.74, 6) is -1.02. The molecule has 1 aliphatic rings. The molecule has 1 aromatic heterocycles. The number of urea groups is 1. The monoisotopic (exact) mass is 413 g/mol. The molecule has 2 amide bonds. The van der Waals surface area contributed by atoms with E-state index in [4.69, 9.17) is 0 Å². The number of hydrogen-bond acceptors (Lipinski definition) is 3. The zero-order valence-corrected chi connectivity index (χ0v) is 16.2. The van der Waals surface area contributed by atoms with E-state index in [1.54, 1.807) is 17.9 Å². The van der Waals surface area contributed by atoms with Crippen molar-refractivity contribution in [1.29, 1.82) is 0 Å². The fourth-order valence-electron chi connectivity index (χ4n) is 3.46. The third-order valence-electron chi connectivity index (χ3n) is 5.10. The van der Waals surface area contributed by atoms with Gasteiger partial charge < -0.3 is 5.11 Å². The molecule has 150 valence electrons. The average molecular weight is 413 g/mol. The molecule has 0 bridgehead atoms. The maximum atomic E-state index is 13.2. The molecule has 3 rings (SSSR count). The molecule has 1 unspecified atom stereocenters. The predicted octanol–water partition coefficient (Wildman–Crippen LogP) is 4.74. The summed E-state index contributed by atoms with van der Waals surface area (Å²) in [5.41, 5.74) is 0.511. The molecule has 1 saturated heterocycles. The third-order valence-corrected chi connectivity index (χ3v) is 6.48. The number of aryl methyl sites for hydroxylation is 1. The van der Waals surface area contributed by atoms with Crippen molar-refractivity contribution in [2.24, 2.45) is 0 Å². The molecule has 5 nitrogen and oxygen atoms in total. The van der Waals surface area contributed by atoms with Gasteiger partial charge in [-0.2, -0.15) is 17.7 Å². The van der Waals surface area contributed by atoms with E-state index < -0.39 is 17.7 Å². The molecule has 1 aliphatic heterocycles. The number of benzene rings is 1. The van der Waals surface area contributed by atoms with Crippen LogP contribution in [0.4, 0.5) is 23.0 Å². The second-order valence-corrected chi connectivity index (χ2v) is 7.84. The number of carbonyl (C=O) groups is 2.